The number of rotatable bonds is 5. The number of hydrogen-bond donors (Lipinski definition) is 2. The second kappa shape index (κ2) is 7.78. The zero-order valence-electron chi connectivity index (χ0n) is 12.9. The lowest BCUT2D eigenvalue weighted by Crippen LogP contribution is -2.23. The van der Waals surface area contributed by atoms with Gasteiger partial charge in [0.25, 0.3) is 0 Å². The molecule has 1 amide bonds. The fraction of sp³-hybridized carbons (Fsp3) is 0.176. The number of ether oxygens (including phenoxy) is 1. The lowest BCUT2D eigenvalue weighted by Gasteiger charge is -2.12. The Balaban J connectivity index is 2.01. The second-order valence-electron chi connectivity index (χ2n) is 4.90. The third kappa shape index (κ3) is 4.56. The van der Waals surface area contributed by atoms with Gasteiger partial charge in [0.05, 0.1) is 24.9 Å². The van der Waals surface area contributed by atoms with Crippen molar-refractivity contribution in [3.05, 3.63) is 58.1 Å². The molecule has 0 fully saturated rings. The molecule has 2 N–H and O–H groups in total. The van der Waals surface area contributed by atoms with Gasteiger partial charge in [0.2, 0.25) is 5.91 Å². The van der Waals surface area contributed by atoms with E-state index in [0.29, 0.717) is 11.3 Å². The Morgan fingerprint density at radius 1 is 1.13 bits per heavy atom. The number of esters is 1. The van der Waals surface area contributed by atoms with Crippen molar-refractivity contribution in [3.8, 4) is 0 Å². The predicted octanol–water partition coefficient (Wildman–Crippen LogP) is 3.59. The molecule has 0 saturated heterocycles. The number of hydrogen-bond acceptors (Lipinski definition) is 4. The number of amides is 1. The standard InChI is InChI=1S/C17H17BrN2O3/c1-11-9-12(18)7-8-14(11)19-10-16(21)20-15-6-4-3-5-13(15)17(22)23-2/h3-9,19H,10H2,1-2H3,(H,20,21). The van der Waals surface area contributed by atoms with E-state index in [1.807, 2.05) is 25.1 Å². The van der Waals surface area contributed by atoms with Gasteiger partial charge in [0.15, 0.2) is 0 Å². The molecule has 0 radical (unpaired) electrons. The summed E-state index contributed by atoms with van der Waals surface area (Å²) in [5.74, 6) is -0.735. The molecule has 0 heterocycles. The van der Waals surface area contributed by atoms with Gasteiger partial charge in [-0.3, -0.25) is 4.79 Å². The van der Waals surface area contributed by atoms with Gasteiger partial charge in [-0.05, 0) is 42.8 Å². The molecule has 0 saturated carbocycles. The van der Waals surface area contributed by atoms with Gasteiger partial charge in [-0.25, -0.2) is 4.79 Å². The first-order valence-corrected chi connectivity index (χ1v) is 7.78. The zero-order valence-corrected chi connectivity index (χ0v) is 14.4. The summed E-state index contributed by atoms with van der Waals surface area (Å²) in [6.07, 6.45) is 0. The van der Waals surface area contributed by atoms with E-state index in [1.165, 1.54) is 7.11 Å². The summed E-state index contributed by atoms with van der Waals surface area (Å²) in [6.45, 7) is 2.05. The van der Waals surface area contributed by atoms with Gasteiger partial charge >= 0.3 is 5.97 Å². The summed E-state index contributed by atoms with van der Waals surface area (Å²) in [5, 5.41) is 5.79. The molecular formula is C17H17BrN2O3. The molecule has 120 valence electrons. The van der Waals surface area contributed by atoms with Crippen LogP contribution in [0.25, 0.3) is 0 Å². The molecule has 0 aliphatic carbocycles. The van der Waals surface area contributed by atoms with Crippen LogP contribution in [0.4, 0.5) is 11.4 Å². The molecule has 0 aromatic heterocycles. The molecule has 0 unspecified atom stereocenters. The average Bonchev–Trinajstić information content (AvgIpc) is 2.54. The summed E-state index contributed by atoms with van der Waals surface area (Å²) in [5.41, 5.74) is 2.66. The topological polar surface area (TPSA) is 67.4 Å². The maximum Gasteiger partial charge on any atom is 0.339 e. The molecule has 0 spiro atoms. The Morgan fingerprint density at radius 2 is 1.87 bits per heavy atom. The van der Waals surface area contributed by atoms with Crippen molar-refractivity contribution in [1.82, 2.24) is 0 Å². The van der Waals surface area contributed by atoms with Crippen LogP contribution < -0.4 is 10.6 Å². The highest BCUT2D eigenvalue weighted by Gasteiger charge is 2.13. The monoisotopic (exact) mass is 376 g/mol. The van der Waals surface area contributed by atoms with E-state index in [9.17, 15) is 9.59 Å². The molecule has 0 aliphatic heterocycles. The van der Waals surface area contributed by atoms with Crippen LogP contribution >= 0.6 is 15.9 Å². The quantitative estimate of drug-likeness (QED) is 0.782. The number of carbonyl (C=O) groups is 2. The van der Waals surface area contributed by atoms with Crippen LogP contribution in [-0.2, 0) is 9.53 Å². The van der Waals surface area contributed by atoms with Crippen LogP contribution in [0.1, 0.15) is 15.9 Å². The smallest absolute Gasteiger partial charge is 0.339 e. The SMILES string of the molecule is COC(=O)c1ccccc1NC(=O)CNc1ccc(Br)cc1C. The van der Waals surface area contributed by atoms with E-state index in [2.05, 4.69) is 26.6 Å². The summed E-state index contributed by atoms with van der Waals surface area (Å²) < 4.78 is 5.69. The van der Waals surface area contributed by atoms with Gasteiger partial charge in [-0.2, -0.15) is 0 Å². The van der Waals surface area contributed by atoms with Crippen molar-refractivity contribution < 1.29 is 14.3 Å². The number of nitrogens with one attached hydrogen (secondary N) is 2. The van der Waals surface area contributed by atoms with Crippen LogP contribution in [0.5, 0.6) is 0 Å². The predicted molar refractivity (Wildman–Crippen MR) is 93.8 cm³/mol. The van der Waals surface area contributed by atoms with Crippen LogP contribution in [-0.4, -0.2) is 25.5 Å². The van der Waals surface area contributed by atoms with Crippen molar-refractivity contribution in [2.24, 2.45) is 0 Å². The molecular weight excluding hydrogens is 360 g/mol. The third-order valence-electron chi connectivity index (χ3n) is 3.23. The Kier molecular flexibility index (Phi) is 5.76. The van der Waals surface area contributed by atoms with Crippen LogP contribution in [0.2, 0.25) is 0 Å². The first-order valence-electron chi connectivity index (χ1n) is 6.98. The van der Waals surface area contributed by atoms with E-state index < -0.39 is 5.97 Å². The first kappa shape index (κ1) is 17.0. The van der Waals surface area contributed by atoms with E-state index >= 15 is 0 Å². The van der Waals surface area contributed by atoms with E-state index in [0.717, 1.165) is 15.7 Å². The highest BCUT2D eigenvalue weighted by molar-refractivity contribution is 9.10. The van der Waals surface area contributed by atoms with Gasteiger partial charge in [0, 0.05) is 10.2 Å². The Hall–Kier alpha value is -2.34. The molecule has 23 heavy (non-hydrogen) atoms. The number of carbonyl (C=O) groups excluding carboxylic acids is 2. The summed E-state index contributed by atoms with van der Waals surface area (Å²) in [7, 11) is 1.30. The minimum Gasteiger partial charge on any atom is -0.465 e. The number of anilines is 2. The van der Waals surface area contributed by atoms with Crippen molar-refractivity contribution in [2.75, 3.05) is 24.3 Å². The fourth-order valence-corrected chi connectivity index (χ4v) is 2.55. The van der Waals surface area contributed by atoms with E-state index in [-0.39, 0.29) is 12.5 Å². The molecule has 5 nitrogen and oxygen atoms in total. The molecule has 2 rings (SSSR count). The van der Waals surface area contributed by atoms with Crippen molar-refractivity contribution in [2.45, 2.75) is 6.92 Å². The maximum absolute atomic E-state index is 12.1. The molecule has 2 aromatic rings. The number of aryl methyl sites for hydroxylation is 1. The Morgan fingerprint density at radius 3 is 2.57 bits per heavy atom. The number of halogens is 1. The Bertz CT molecular complexity index is 732. The normalized spacial score (nSPS) is 10.0. The summed E-state index contributed by atoms with van der Waals surface area (Å²) >= 11 is 3.40. The summed E-state index contributed by atoms with van der Waals surface area (Å²) in [6, 6.07) is 12.5. The van der Waals surface area contributed by atoms with Gasteiger partial charge in [-0.1, -0.05) is 28.1 Å². The van der Waals surface area contributed by atoms with Gasteiger partial charge in [0.1, 0.15) is 0 Å². The van der Waals surface area contributed by atoms with Gasteiger partial charge in [-0.15, -0.1) is 0 Å². The molecule has 0 bridgehead atoms. The molecule has 2 aromatic carbocycles. The largest absolute Gasteiger partial charge is 0.465 e. The fourth-order valence-electron chi connectivity index (χ4n) is 2.08. The zero-order chi connectivity index (χ0) is 16.8. The number of benzene rings is 2. The van der Waals surface area contributed by atoms with Crippen molar-refractivity contribution >= 4 is 39.2 Å². The average molecular weight is 377 g/mol. The van der Waals surface area contributed by atoms with Crippen molar-refractivity contribution in [1.29, 1.82) is 0 Å². The Labute approximate surface area is 143 Å². The first-order chi connectivity index (χ1) is 11.0. The number of para-hydroxylation sites is 1. The molecule has 0 aliphatic rings. The van der Waals surface area contributed by atoms with Crippen LogP contribution in [0.15, 0.2) is 46.9 Å². The third-order valence-corrected chi connectivity index (χ3v) is 3.73. The lowest BCUT2D eigenvalue weighted by molar-refractivity contribution is -0.114. The molecule has 6 heteroatoms. The molecule has 0 atom stereocenters. The van der Waals surface area contributed by atoms with E-state index in [4.69, 9.17) is 4.74 Å². The highest BCUT2D eigenvalue weighted by atomic mass is 79.9. The maximum atomic E-state index is 12.1. The lowest BCUT2D eigenvalue weighted by atomic mass is 10.2. The van der Waals surface area contributed by atoms with Crippen LogP contribution in [0.3, 0.4) is 0 Å². The summed E-state index contributed by atoms with van der Waals surface area (Å²) in [4.78, 5) is 23.8. The van der Waals surface area contributed by atoms with Crippen LogP contribution in [0, 0.1) is 6.92 Å². The minimum atomic E-state index is -0.488. The van der Waals surface area contributed by atoms with E-state index in [1.54, 1.807) is 24.3 Å². The number of methoxy groups -OCH3 is 1. The minimum absolute atomic E-state index is 0.0952. The highest BCUT2D eigenvalue weighted by Crippen LogP contribution is 2.20. The second-order valence-corrected chi connectivity index (χ2v) is 5.81. The van der Waals surface area contributed by atoms with Crippen molar-refractivity contribution in [3.63, 3.8) is 0 Å². The van der Waals surface area contributed by atoms with Gasteiger partial charge < -0.3 is 15.4 Å².